The number of rotatable bonds is 4. The molecule has 5 nitrogen and oxygen atoms in total. The minimum Gasteiger partial charge on any atom is -0.305 e. The Labute approximate surface area is 208 Å². The lowest BCUT2D eigenvalue weighted by molar-refractivity contribution is 0.627. The quantitative estimate of drug-likeness (QED) is 0.283. The molecule has 0 fully saturated rings. The zero-order valence-corrected chi connectivity index (χ0v) is 20.4. The number of fused-ring (bicyclic) bond motifs is 1. The summed E-state index contributed by atoms with van der Waals surface area (Å²) >= 11 is 14.5. The highest BCUT2D eigenvalue weighted by Crippen LogP contribution is 2.33. The maximum atomic E-state index is 13.3. The van der Waals surface area contributed by atoms with Gasteiger partial charge in [0.05, 0.1) is 21.8 Å². The van der Waals surface area contributed by atoms with Gasteiger partial charge in [-0.05, 0) is 49.8 Å². The van der Waals surface area contributed by atoms with Gasteiger partial charge in [-0.1, -0.05) is 53.0 Å². The van der Waals surface area contributed by atoms with Gasteiger partial charge in [0.1, 0.15) is 15.8 Å². The van der Waals surface area contributed by atoms with Gasteiger partial charge in [-0.2, -0.15) is 5.10 Å². The average Bonchev–Trinajstić information content (AvgIpc) is 3.37. The van der Waals surface area contributed by atoms with E-state index < -0.39 is 0 Å². The van der Waals surface area contributed by atoms with Crippen molar-refractivity contribution in [3.63, 3.8) is 0 Å². The van der Waals surface area contributed by atoms with E-state index in [1.54, 1.807) is 25.1 Å². The van der Waals surface area contributed by atoms with Crippen molar-refractivity contribution < 1.29 is 4.39 Å². The van der Waals surface area contributed by atoms with E-state index in [1.165, 1.54) is 28.2 Å². The number of benzene rings is 2. The smallest absolute Gasteiger partial charge is 0.260 e. The summed E-state index contributed by atoms with van der Waals surface area (Å²) in [5, 5.41) is 7.41. The molecule has 0 unspecified atom stereocenters. The Bertz CT molecular complexity index is 1620. The first-order valence-electron chi connectivity index (χ1n) is 10.3. The number of H-pyrrole nitrogens is 1. The predicted molar refractivity (Wildman–Crippen MR) is 137 cm³/mol. The fourth-order valence-electron chi connectivity index (χ4n) is 3.63. The van der Waals surface area contributed by atoms with E-state index in [9.17, 15) is 9.18 Å². The minimum absolute atomic E-state index is 0.216. The molecule has 34 heavy (non-hydrogen) atoms. The van der Waals surface area contributed by atoms with E-state index >= 15 is 0 Å². The molecule has 0 bridgehead atoms. The highest BCUT2D eigenvalue weighted by molar-refractivity contribution is 7.17. The lowest BCUT2D eigenvalue weighted by Gasteiger charge is -2.04. The fourth-order valence-corrected chi connectivity index (χ4v) is 5.10. The van der Waals surface area contributed by atoms with Gasteiger partial charge >= 0.3 is 0 Å². The van der Waals surface area contributed by atoms with Crippen LogP contribution in [-0.4, -0.2) is 19.7 Å². The molecule has 0 aliphatic rings. The summed E-state index contributed by atoms with van der Waals surface area (Å²) in [5.74, 6) is -0.113. The molecule has 5 aromatic rings. The molecule has 1 N–H and O–H groups in total. The van der Waals surface area contributed by atoms with Gasteiger partial charge in [-0.15, -0.1) is 11.3 Å². The summed E-state index contributed by atoms with van der Waals surface area (Å²) in [6.45, 7) is 3.80. The summed E-state index contributed by atoms with van der Waals surface area (Å²) in [6, 6.07) is 13.8. The van der Waals surface area contributed by atoms with E-state index in [-0.39, 0.29) is 22.2 Å². The Kier molecular flexibility index (Phi) is 5.85. The molecule has 0 radical (unpaired) electrons. The SMILES string of the molecule is Cc1ccc(-c2csc3nc(/C(Cl)=C\c4c(C)nn(-c5ccc(F)cc5)c4Cl)[nH]c(=O)c23)cc1. The van der Waals surface area contributed by atoms with Crippen LogP contribution >= 0.6 is 34.5 Å². The number of halogens is 3. The number of thiophene rings is 1. The normalized spacial score (nSPS) is 12.0. The van der Waals surface area contributed by atoms with Crippen LogP contribution in [0.5, 0.6) is 0 Å². The lowest BCUT2D eigenvalue weighted by atomic mass is 10.1. The molecule has 2 aromatic carbocycles. The first kappa shape index (κ1) is 22.5. The van der Waals surface area contributed by atoms with Crippen molar-refractivity contribution >= 4 is 55.9 Å². The fraction of sp³-hybridized carbons (Fsp3) is 0.0800. The molecular formula is C25H17Cl2FN4OS. The third-order valence-corrected chi connectivity index (χ3v) is 6.95. The van der Waals surface area contributed by atoms with E-state index in [0.717, 1.165) is 16.7 Å². The number of nitrogens with zero attached hydrogens (tertiary/aromatic N) is 3. The second-order valence-corrected chi connectivity index (χ2v) is 9.40. The Balaban J connectivity index is 1.55. The van der Waals surface area contributed by atoms with Gasteiger partial charge in [0.25, 0.3) is 5.56 Å². The zero-order valence-electron chi connectivity index (χ0n) is 18.1. The van der Waals surface area contributed by atoms with Crippen LogP contribution in [-0.2, 0) is 0 Å². The molecule has 0 spiro atoms. The highest BCUT2D eigenvalue weighted by atomic mass is 35.5. The monoisotopic (exact) mass is 510 g/mol. The average molecular weight is 511 g/mol. The summed E-state index contributed by atoms with van der Waals surface area (Å²) in [5.41, 5.74) is 4.47. The minimum atomic E-state index is -0.351. The van der Waals surface area contributed by atoms with E-state index in [2.05, 4.69) is 15.1 Å². The van der Waals surface area contributed by atoms with Gasteiger partial charge in [-0.25, -0.2) is 14.1 Å². The molecule has 0 aliphatic heterocycles. The van der Waals surface area contributed by atoms with Crippen LogP contribution in [0.15, 0.2) is 58.7 Å². The highest BCUT2D eigenvalue weighted by Gasteiger charge is 2.17. The van der Waals surface area contributed by atoms with Crippen LogP contribution in [0.25, 0.3) is 38.1 Å². The van der Waals surface area contributed by atoms with E-state index in [4.69, 9.17) is 23.2 Å². The summed E-state index contributed by atoms with van der Waals surface area (Å²) in [6.07, 6.45) is 1.62. The number of nitrogens with one attached hydrogen (secondary N) is 1. The number of aromatic amines is 1. The Morgan fingerprint density at radius 2 is 1.82 bits per heavy atom. The molecule has 0 amide bonds. The van der Waals surface area contributed by atoms with Gasteiger partial charge in [-0.3, -0.25) is 4.79 Å². The largest absolute Gasteiger partial charge is 0.305 e. The molecule has 5 rings (SSSR count). The van der Waals surface area contributed by atoms with Crippen LogP contribution in [0.3, 0.4) is 0 Å². The van der Waals surface area contributed by atoms with Crippen molar-refractivity contribution in [3.8, 4) is 16.8 Å². The summed E-state index contributed by atoms with van der Waals surface area (Å²) in [4.78, 5) is 20.9. The van der Waals surface area contributed by atoms with E-state index in [0.29, 0.717) is 32.3 Å². The third-order valence-electron chi connectivity index (χ3n) is 5.42. The first-order chi connectivity index (χ1) is 16.3. The van der Waals surface area contributed by atoms with E-state index in [1.807, 2.05) is 36.6 Å². The summed E-state index contributed by atoms with van der Waals surface area (Å²) in [7, 11) is 0. The molecular weight excluding hydrogens is 494 g/mol. The van der Waals surface area contributed by atoms with Gasteiger partial charge in [0, 0.05) is 16.5 Å². The van der Waals surface area contributed by atoms with Crippen LogP contribution in [0.1, 0.15) is 22.6 Å². The van der Waals surface area contributed by atoms with Crippen molar-refractivity contribution in [2.24, 2.45) is 0 Å². The number of aromatic nitrogens is 4. The molecule has 170 valence electrons. The van der Waals surface area contributed by atoms with Crippen molar-refractivity contribution in [1.82, 2.24) is 19.7 Å². The molecule has 3 heterocycles. The molecule has 9 heteroatoms. The van der Waals surface area contributed by atoms with Crippen LogP contribution in [0.4, 0.5) is 4.39 Å². The van der Waals surface area contributed by atoms with Gasteiger partial charge < -0.3 is 4.98 Å². The van der Waals surface area contributed by atoms with Crippen LogP contribution in [0.2, 0.25) is 5.15 Å². The van der Waals surface area contributed by atoms with Crippen LogP contribution in [0, 0.1) is 19.7 Å². The van der Waals surface area contributed by atoms with Gasteiger partial charge in [0.2, 0.25) is 0 Å². The second-order valence-electron chi connectivity index (χ2n) is 7.78. The standard InChI is InChI=1S/C25H17Cl2FN4OS/c1-13-3-5-15(6-4-13)19-12-34-25-21(19)24(33)29-23(30-25)20(26)11-18-14(2)31-32(22(18)27)17-9-7-16(28)8-10-17/h3-12H,1-2H3,(H,29,30,33)/b20-11+. The number of hydrogen-bond donors (Lipinski definition) is 1. The lowest BCUT2D eigenvalue weighted by Crippen LogP contribution is -2.10. The van der Waals surface area contributed by atoms with Crippen molar-refractivity contribution in [1.29, 1.82) is 0 Å². The zero-order chi connectivity index (χ0) is 24.0. The number of aryl methyl sites for hydroxylation is 2. The molecule has 0 atom stereocenters. The summed E-state index contributed by atoms with van der Waals surface area (Å²) < 4.78 is 14.8. The molecule has 3 aromatic heterocycles. The molecule has 0 saturated carbocycles. The second kappa shape index (κ2) is 8.83. The topological polar surface area (TPSA) is 63.6 Å². The third kappa shape index (κ3) is 4.07. The van der Waals surface area contributed by atoms with Gasteiger partial charge in [0.15, 0.2) is 5.82 Å². The maximum Gasteiger partial charge on any atom is 0.260 e. The Hall–Kier alpha value is -3.26. The van der Waals surface area contributed by atoms with Crippen molar-refractivity contribution in [2.75, 3.05) is 0 Å². The van der Waals surface area contributed by atoms with Crippen LogP contribution < -0.4 is 5.56 Å². The maximum absolute atomic E-state index is 13.3. The Morgan fingerprint density at radius 1 is 1.12 bits per heavy atom. The van der Waals surface area contributed by atoms with Crippen molar-refractivity contribution in [2.45, 2.75) is 13.8 Å². The first-order valence-corrected chi connectivity index (χ1v) is 11.9. The molecule has 0 aliphatic carbocycles. The Morgan fingerprint density at radius 3 is 2.53 bits per heavy atom. The predicted octanol–water partition coefficient (Wildman–Crippen LogP) is 6.98. The molecule has 0 saturated heterocycles. The van der Waals surface area contributed by atoms with Crippen molar-refractivity contribution in [3.05, 3.63) is 97.9 Å². The number of hydrogen-bond acceptors (Lipinski definition) is 4.